The molecule has 1 aromatic rings. The molecule has 0 aromatic heterocycles. The first-order valence-corrected chi connectivity index (χ1v) is 9.94. The summed E-state index contributed by atoms with van der Waals surface area (Å²) < 4.78 is 0. The Kier molecular flexibility index (Phi) is 8.10. The van der Waals surface area contributed by atoms with Gasteiger partial charge in [0.25, 0.3) is 0 Å². The predicted molar refractivity (Wildman–Crippen MR) is 110 cm³/mol. The number of anilines is 2. The first-order valence-electron chi connectivity index (χ1n) is 9.94. The molecule has 154 valence electrons. The Morgan fingerprint density at radius 2 is 1.75 bits per heavy atom. The Hall–Kier alpha value is -2.77. The zero-order valence-electron chi connectivity index (χ0n) is 16.9. The van der Waals surface area contributed by atoms with Gasteiger partial charge in [-0.2, -0.15) is 0 Å². The number of urea groups is 2. The third-order valence-corrected chi connectivity index (χ3v) is 4.81. The van der Waals surface area contributed by atoms with Gasteiger partial charge in [-0.05, 0) is 57.4 Å². The summed E-state index contributed by atoms with van der Waals surface area (Å²) in [6.45, 7) is 7.48. The second kappa shape index (κ2) is 10.5. The Morgan fingerprint density at radius 1 is 1.11 bits per heavy atom. The van der Waals surface area contributed by atoms with Crippen LogP contribution in [0.5, 0.6) is 0 Å². The Bertz CT molecular complexity index is 677. The zero-order chi connectivity index (χ0) is 20.5. The van der Waals surface area contributed by atoms with Gasteiger partial charge in [0.15, 0.2) is 0 Å². The maximum atomic E-state index is 12.5. The Balaban J connectivity index is 1.86. The van der Waals surface area contributed by atoms with Crippen LogP contribution in [0.3, 0.4) is 0 Å². The van der Waals surface area contributed by atoms with E-state index in [1.165, 1.54) is 0 Å². The van der Waals surface area contributed by atoms with Crippen LogP contribution in [0.15, 0.2) is 24.3 Å². The number of carbonyl (C=O) groups excluding carboxylic acids is 3. The molecule has 5 amide bonds. The highest BCUT2D eigenvalue weighted by atomic mass is 16.2. The summed E-state index contributed by atoms with van der Waals surface area (Å²) in [5.74, 6) is -0.152. The van der Waals surface area contributed by atoms with E-state index < -0.39 is 0 Å². The standard InChI is InChI=1S/C20H31N5O3/c1-4-14(3)22-19(27)23-16-8-10-17(11-9-16)24-20(28)25-12-6-7-15(13-25)18(26)21-5-2/h8-11,14-15H,4-7,12-13H2,1-3H3,(H,21,26)(H,24,28)(H2,22,23,27)/t14-,15+/m1/s1. The second-order valence-electron chi connectivity index (χ2n) is 7.10. The third kappa shape index (κ3) is 6.44. The second-order valence-corrected chi connectivity index (χ2v) is 7.10. The molecule has 2 rings (SSSR count). The molecule has 28 heavy (non-hydrogen) atoms. The van der Waals surface area contributed by atoms with Gasteiger partial charge in [-0.25, -0.2) is 9.59 Å². The molecule has 0 unspecified atom stereocenters. The molecule has 1 fully saturated rings. The molecule has 4 N–H and O–H groups in total. The average Bonchev–Trinajstić information content (AvgIpc) is 2.69. The zero-order valence-corrected chi connectivity index (χ0v) is 16.9. The lowest BCUT2D eigenvalue weighted by molar-refractivity contribution is -0.126. The topological polar surface area (TPSA) is 103 Å². The number of hydrogen-bond acceptors (Lipinski definition) is 3. The quantitative estimate of drug-likeness (QED) is 0.601. The van der Waals surface area contributed by atoms with Gasteiger partial charge in [0.05, 0.1) is 5.92 Å². The molecule has 8 heteroatoms. The van der Waals surface area contributed by atoms with Gasteiger partial charge in [-0.3, -0.25) is 4.79 Å². The fraction of sp³-hybridized carbons (Fsp3) is 0.550. The monoisotopic (exact) mass is 389 g/mol. The Morgan fingerprint density at radius 3 is 2.36 bits per heavy atom. The summed E-state index contributed by atoms with van der Waals surface area (Å²) >= 11 is 0. The number of benzene rings is 1. The van der Waals surface area contributed by atoms with Crippen molar-refractivity contribution in [1.29, 1.82) is 0 Å². The van der Waals surface area contributed by atoms with Crippen LogP contribution in [0.2, 0.25) is 0 Å². The van der Waals surface area contributed by atoms with Crippen molar-refractivity contribution in [3.63, 3.8) is 0 Å². The largest absolute Gasteiger partial charge is 0.356 e. The van der Waals surface area contributed by atoms with Crippen LogP contribution in [-0.4, -0.2) is 48.5 Å². The highest BCUT2D eigenvalue weighted by Gasteiger charge is 2.28. The summed E-state index contributed by atoms with van der Waals surface area (Å²) in [6.07, 6.45) is 2.47. The minimum Gasteiger partial charge on any atom is -0.356 e. The average molecular weight is 390 g/mol. The van der Waals surface area contributed by atoms with E-state index >= 15 is 0 Å². The van der Waals surface area contributed by atoms with E-state index in [4.69, 9.17) is 0 Å². The molecule has 2 atom stereocenters. The van der Waals surface area contributed by atoms with Crippen molar-refractivity contribution in [1.82, 2.24) is 15.5 Å². The van der Waals surface area contributed by atoms with Crippen molar-refractivity contribution >= 4 is 29.3 Å². The van der Waals surface area contributed by atoms with Crippen molar-refractivity contribution in [2.45, 2.75) is 46.1 Å². The molecule has 8 nitrogen and oxygen atoms in total. The SMILES string of the molecule is CCNC(=O)[C@H]1CCCN(C(=O)Nc2ccc(NC(=O)N[C@H](C)CC)cc2)C1. The van der Waals surface area contributed by atoms with Gasteiger partial charge in [-0.15, -0.1) is 0 Å². The van der Waals surface area contributed by atoms with Crippen LogP contribution < -0.4 is 21.3 Å². The fourth-order valence-corrected chi connectivity index (χ4v) is 3.03. The molecular formula is C20H31N5O3. The number of likely N-dealkylation sites (tertiary alicyclic amines) is 1. The van der Waals surface area contributed by atoms with Crippen LogP contribution in [0.4, 0.5) is 21.0 Å². The van der Waals surface area contributed by atoms with Crippen LogP contribution in [0.1, 0.15) is 40.0 Å². The summed E-state index contributed by atoms with van der Waals surface area (Å²) in [4.78, 5) is 38.1. The molecule has 1 aliphatic heterocycles. The molecule has 1 saturated heterocycles. The lowest BCUT2D eigenvalue weighted by Gasteiger charge is -2.32. The number of nitrogens with zero attached hydrogens (tertiary/aromatic N) is 1. The smallest absolute Gasteiger partial charge is 0.321 e. The number of piperidine rings is 1. The molecule has 1 heterocycles. The van der Waals surface area contributed by atoms with Gasteiger partial charge in [0.1, 0.15) is 0 Å². The van der Waals surface area contributed by atoms with E-state index in [-0.39, 0.29) is 29.9 Å². The molecule has 0 aliphatic carbocycles. The normalized spacial score (nSPS) is 17.4. The van der Waals surface area contributed by atoms with Gasteiger partial charge in [0.2, 0.25) is 5.91 Å². The lowest BCUT2D eigenvalue weighted by Crippen LogP contribution is -2.46. The van der Waals surface area contributed by atoms with E-state index in [9.17, 15) is 14.4 Å². The number of hydrogen-bond donors (Lipinski definition) is 4. The van der Waals surface area contributed by atoms with Crippen molar-refractivity contribution in [3.8, 4) is 0 Å². The van der Waals surface area contributed by atoms with Crippen LogP contribution >= 0.6 is 0 Å². The predicted octanol–water partition coefficient (Wildman–Crippen LogP) is 2.99. The van der Waals surface area contributed by atoms with Gasteiger partial charge in [0, 0.05) is 37.1 Å². The van der Waals surface area contributed by atoms with Crippen LogP contribution in [-0.2, 0) is 4.79 Å². The molecule has 0 radical (unpaired) electrons. The molecule has 0 saturated carbocycles. The summed E-state index contributed by atoms with van der Waals surface area (Å²) in [5.41, 5.74) is 1.28. The summed E-state index contributed by atoms with van der Waals surface area (Å²) in [6, 6.07) is 6.58. The summed E-state index contributed by atoms with van der Waals surface area (Å²) in [7, 11) is 0. The lowest BCUT2D eigenvalue weighted by atomic mass is 9.97. The number of amides is 5. The summed E-state index contributed by atoms with van der Waals surface area (Å²) in [5, 5.41) is 11.3. The van der Waals surface area contributed by atoms with Crippen molar-refractivity contribution < 1.29 is 14.4 Å². The molecule has 1 aromatic carbocycles. The highest BCUT2D eigenvalue weighted by Crippen LogP contribution is 2.19. The van der Waals surface area contributed by atoms with Gasteiger partial charge < -0.3 is 26.2 Å². The maximum Gasteiger partial charge on any atom is 0.321 e. The Labute approximate surface area is 166 Å². The van der Waals surface area contributed by atoms with E-state index in [0.717, 1.165) is 19.3 Å². The van der Waals surface area contributed by atoms with Crippen molar-refractivity contribution in [2.75, 3.05) is 30.3 Å². The minimum atomic E-state index is -0.254. The molecular weight excluding hydrogens is 358 g/mol. The third-order valence-electron chi connectivity index (χ3n) is 4.81. The van der Waals surface area contributed by atoms with Crippen LogP contribution in [0.25, 0.3) is 0 Å². The van der Waals surface area contributed by atoms with E-state index in [1.807, 2.05) is 20.8 Å². The first-order chi connectivity index (χ1) is 13.4. The molecule has 0 bridgehead atoms. The van der Waals surface area contributed by atoms with Crippen LogP contribution in [0, 0.1) is 5.92 Å². The van der Waals surface area contributed by atoms with Crippen molar-refractivity contribution in [3.05, 3.63) is 24.3 Å². The number of rotatable bonds is 6. The van der Waals surface area contributed by atoms with Gasteiger partial charge in [-0.1, -0.05) is 6.92 Å². The van der Waals surface area contributed by atoms with Gasteiger partial charge >= 0.3 is 12.1 Å². The molecule has 0 spiro atoms. The maximum absolute atomic E-state index is 12.5. The van der Waals surface area contributed by atoms with E-state index in [0.29, 0.717) is 31.0 Å². The molecule has 1 aliphatic rings. The van der Waals surface area contributed by atoms with E-state index in [2.05, 4.69) is 21.3 Å². The first kappa shape index (κ1) is 21.5. The highest BCUT2D eigenvalue weighted by molar-refractivity contribution is 5.92. The number of carbonyl (C=O) groups is 3. The van der Waals surface area contributed by atoms with E-state index in [1.54, 1.807) is 29.2 Å². The van der Waals surface area contributed by atoms with Crippen molar-refractivity contribution in [2.24, 2.45) is 5.92 Å². The fourth-order valence-electron chi connectivity index (χ4n) is 3.03. The number of nitrogens with one attached hydrogen (secondary N) is 4. The minimum absolute atomic E-state index is 0.00564.